The van der Waals surface area contributed by atoms with Crippen molar-refractivity contribution in [3.8, 4) is 0 Å². The van der Waals surface area contributed by atoms with E-state index in [1.54, 1.807) is 67.3 Å². The van der Waals surface area contributed by atoms with E-state index in [1.165, 1.54) is 0 Å². The predicted octanol–water partition coefficient (Wildman–Crippen LogP) is 2.61. The van der Waals surface area contributed by atoms with Crippen LogP contribution in [0.3, 0.4) is 0 Å². The molecule has 0 bridgehead atoms. The monoisotopic (exact) mass is 342 g/mol. The van der Waals surface area contributed by atoms with Crippen molar-refractivity contribution in [3.63, 3.8) is 0 Å². The minimum Gasteiger partial charge on any atom is -0.365 e. The molecule has 2 unspecified atom stereocenters. The molecule has 0 aliphatic rings. The molecule has 1 aromatic carbocycles. The Morgan fingerprint density at radius 3 is 2.52 bits per heavy atom. The molecule has 7 nitrogen and oxygen atoms in total. The third-order valence-electron chi connectivity index (χ3n) is 3.53. The Kier molecular flexibility index (Phi) is 6.47. The fraction of sp³-hybridized carbons (Fsp3) is 0.278. The number of rotatable bonds is 8. The molecule has 1 heterocycles. The first-order valence-corrected chi connectivity index (χ1v) is 7.94. The van der Waals surface area contributed by atoms with Crippen molar-refractivity contribution in [1.82, 2.24) is 9.78 Å². The van der Waals surface area contributed by atoms with Gasteiger partial charge in [0, 0.05) is 23.8 Å². The first kappa shape index (κ1) is 18.4. The number of amides is 2. The lowest BCUT2D eigenvalue weighted by molar-refractivity contribution is -0.125. The summed E-state index contributed by atoms with van der Waals surface area (Å²) >= 11 is 0. The van der Waals surface area contributed by atoms with Crippen LogP contribution < -0.4 is 10.6 Å². The van der Waals surface area contributed by atoms with Crippen LogP contribution >= 0.6 is 0 Å². The smallest absolute Gasteiger partial charge is 0.253 e. The molecule has 0 saturated heterocycles. The van der Waals surface area contributed by atoms with E-state index in [9.17, 15) is 9.59 Å². The van der Waals surface area contributed by atoms with Crippen LogP contribution in [0.1, 0.15) is 19.9 Å². The van der Waals surface area contributed by atoms with Crippen LogP contribution in [0.4, 0.5) is 11.4 Å². The van der Waals surface area contributed by atoms with Gasteiger partial charge in [-0.05, 0) is 38.1 Å². The molecular weight excluding hydrogens is 320 g/mol. The van der Waals surface area contributed by atoms with Gasteiger partial charge < -0.3 is 15.4 Å². The Hall–Kier alpha value is -2.93. The van der Waals surface area contributed by atoms with Crippen molar-refractivity contribution in [1.29, 1.82) is 0 Å². The molecule has 25 heavy (non-hydrogen) atoms. The highest BCUT2D eigenvalue weighted by molar-refractivity contribution is 5.96. The number of carbonyl (C=O) groups is 2. The van der Waals surface area contributed by atoms with Crippen molar-refractivity contribution in [2.24, 2.45) is 0 Å². The summed E-state index contributed by atoms with van der Waals surface area (Å²) in [7, 11) is 0. The number of hydrogen-bond acceptors (Lipinski definition) is 4. The van der Waals surface area contributed by atoms with E-state index in [1.807, 2.05) is 0 Å². The molecule has 2 amide bonds. The van der Waals surface area contributed by atoms with E-state index in [0.717, 1.165) is 0 Å². The Morgan fingerprint density at radius 1 is 1.24 bits per heavy atom. The number of benzene rings is 1. The number of hydrogen-bond donors (Lipinski definition) is 2. The van der Waals surface area contributed by atoms with Gasteiger partial charge in [0.1, 0.15) is 12.1 Å². The molecule has 2 N–H and O–H groups in total. The summed E-state index contributed by atoms with van der Waals surface area (Å²) in [6.45, 7) is 7.27. The normalized spacial score (nSPS) is 12.9. The van der Waals surface area contributed by atoms with Crippen molar-refractivity contribution < 1.29 is 14.3 Å². The average Bonchev–Trinajstić information content (AvgIpc) is 3.13. The van der Waals surface area contributed by atoms with Crippen LogP contribution in [0.5, 0.6) is 0 Å². The largest absolute Gasteiger partial charge is 0.365 e. The second-order valence-corrected chi connectivity index (χ2v) is 5.49. The molecule has 0 saturated carbocycles. The summed E-state index contributed by atoms with van der Waals surface area (Å²) in [6.07, 6.45) is 4.33. The Bertz CT molecular complexity index is 728. The maximum atomic E-state index is 12.3. The fourth-order valence-electron chi connectivity index (χ4n) is 2.08. The van der Waals surface area contributed by atoms with Crippen molar-refractivity contribution in [2.75, 3.05) is 17.2 Å². The van der Waals surface area contributed by atoms with Gasteiger partial charge in [0.05, 0.1) is 6.61 Å². The van der Waals surface area contributed by atoms with Gasteiger partial charge >= 0.3 is 0 Å². The van der Waals surface area contributed by atoms with Gasteiger partial charge in [-0.15, -0.1) is 6.58 Å². The third-order valence-corrected chi connectivity index (χ3v) is 3.53. The zero-order chi connectivity index (χ0) is 18.2. The summed E-state index contributed by atoms with van der Waals surface area (Å²) in [5.41, 5.74) is 1.16. The van der Waals surface area contributed by atoms with Crippen molar-refractivity contribution in [2.45, 2.75) is 26.0 Å². The highest BCUT2D eigenvalue weighted by Gasteiger charge is 2.16. The second-order valence-electron chi connectivity index (χ2n) is 5.49. The number of carbonyl (C=O) groups excluding carboxylic acids is 2. The Balaban J connectivity index is 1.97. The highest BCUT2D eigenvalue weighted by Crippen LogP contribution is 2.17. The van der Waals surface area contributed by atoms with Crippen LogP contribution in [0, 0.1) is 0 Å². The van der Waals surface area contributed by atoms with Crippen LogP contribution in [-0.2, 0) is 14.3 Å². The number of aromatic nitrogens is 2. The summed E-state index contributed by atoms with van der Waals surface area (Å²) in [6, 6.07) is 8.24. The summed E-state index contributed by atoms with van der Waals surface area (Å²) in [5.74, 6) is -0.468. The molecule has 2 atom stereocenters. The molecular formula is C18H22N4O3. The maximum absolute atomic E-state index is 12.3. The molecule has 0 spiro atoms. The highest BCUT2D eigenvalue weighted by atomic mass is 16.5. The van der Waals surface area contributed by atoms with Gasteiger partial charge in [-0.1, -0.05) is 12.1 Å². The number of ether oxygens (including phenoxy) is 1. The minimum absolute atomic E-state index is 0.199. The SMILES string of the molecule is C=CCOC(C)C(=O)Nc1cccc(NC(=O)C(C)n2cccn2)c1. The molecule has 2 aromatic rings. The molecule has 2 rings (SSSR count). The number of nitrogens with one attached hydrogen (secondary N) is 2. The topological polar surface area (TPSA) is 85.3 Å². The molecule has 132 valence electrons. The van der Waals surface area contributed by atoms with E-state index < -0.39 is 12.1 Å². The van der Waals surface area contributed by atoms with Gasteiger partial charge in [0.15, 0.2) is 0 Å². The van der Waals surface area contributed by atoms with Crippen LogP contribution in [0.15, 0.2) is 55.4 Å². The summed E-state index contributed by atoms with van der Waals surface area (Å²) < 4.78 is 6.85. The van der Waals surface area contributed by atoms with Crippen molar-refractivity contribution >= 4 is 23.2 Å². The molecule has 0 fully saturated rings. The fourth-order valence-corrected chi connectivity index (χ4v) is 2.08. The first-order valence-electron chi connectivity index (χ1n) is 7.94. The lowest BCUT2D eigenvalue weighted by Gasteiger charge is -2.15. The van der Waals surface area contributed by atoms with E-state index in [-0.39, 0.29) is 11.8 Å². The quantitative estimate of drug-likeness (QED) is 0.722. The van der Waals surface area contributed by atoms with Gasteiger partial charge in [-0.3, -0.25) is 14.3 Å². The van der Waals surface area contributed by atoms with Crippen molar-refractivity contribution in [3.05, 3.63) is 55.4 Å². The lowest BCUT2D eigenvalue weighted by atomic mass is 10.2. The predicted molar refractivity (Wildman–Crippen MR) is 96.3 cm³/mol. The summed E-state index contributed by atoms with van der Waals surface area (Å²) in [4.78, 5) is 24.3. The van der Waals surface area contributed by atoms with Gasteiger partial charge in [0.2, 0.25) is 5.91 Å². The Morgan fingerprint density at radius 2 is 1.92 bits per heavy atom. The standard InChI is InChI=1S/C18H22N4O3/c1-4-11-25-14(3)18(24)21-16-8-5-7-15(12-16)20-17(23)13(2)22-10-6-9-19-22/h4-10,12-14H,1,11H2,2-3H3,(H,20,23)(H,21,24). The van der Waals surface area contributed by atoms with Gasteiger partial charge in [-0.2, -0.15) is 5.10 Å². The zero-order valence-corrected chi connectivity index (χ0v) is 14.3. The zero-order valence-electron chi connectivity index (χ0n) is 14.3. The van der Waals surface area contributed by atoms with E-state index in [2.05, 4.69) is 22.3 Å². The first-order chi connectivity index (χ1) is 12.0. The summed E-state index contributed by atoms with van der Waals surface area (Å²) in [5, 5.41) is 9.62. The molecule has 1 aromatic heterocycles. The molecule has 0 aliphatic heterocycles. The molecule has 0 aliphatic carbocycles. The molecule has 7 heteroatoms. The lowest BCUT2D eigenvalue weighted by Crippen LogP contribution is -2.28. The van der Waals surface area contributed by atoms with E-state index in [0.29, 0.717) is 18.0 Å². The minimum atomic E-state index is -0.601. The number of anilines is 2. The maximum Gasteiger partial charge on any atom is 0.253 e. The Labute approximate surface area is 146 Å². The van der Waals surface area contributed by atoms with E-state index >= 15 is 0 Å². The second kappa shape index (κ2) is 8.79. The van der Waals surface area contributed by atoms with Gasteiger partial charge in [0.25, 0.3) is 5.91 Å². The third kappa shape index (κ3) is 5.29. The molecule has 0 radical (unpaired) electrons. The number of nitrogens with zero attached hydrogens (tertiary/aromatic N) is 2. The van der Waals surface area contributed by atoms with Crippen LogP contribution in [0.2, 0.25) is 0 Å². The average molecular weight is 342 g/mol. The van der Waals surface area contributed by atoms with Gasteiger partial charge in [-0.25, -0.2) is 0 Å². The van der Waals surface area contributed by atoms with Crippen LogP contribution in [0.25, 0.3) is 0 Å². The van der Waals surface area contributed by atoms with Crippen LogP contribution in [-0.4, -0.2) is 34.3 Å². The van der Waals surface area contributed by atoms with E-state index in [4.69, 9.17) is 4.74 Å².